The Balaban J connectivity index is 1.79. The van der Waals surface area contributed by atoms with Gasteiger partial charge in [-0.15, -0.1) is 5.10 Å². The lowest BCUT2D eigenvalue weighted by Crippen LogP contribution is -2.28. The van der Waals surface area contributed by atoms with Gasteiger partial charge in [0, 0.05) is 20.3 Å². The summed E-state index contributed by atoms with van der Waals surface area (Å²) in [6, 6.07) is 4.62. The van der Waals surface area contributed by atoms with Crippen LogP contribution in [0.3, 0.4) is 0 Å². The molecule has 0 unspecified atom stereocenters. The van der Waals surface area contributed by atoms with Crippen molar-refractivity contribution in [2.24, 2.45) is 0 Å². The van der Waals surface area contributed by atoms with Gasteiger partial charge in [0.2, 0.25) is 0 Å². The first-order valence-electron chi connectivity index (χ1n) is 7.66. The first-order chi connectivity index (χ1) is 12.6. The van der Waals surface area contributed by atoms with E-state index in [1.165, 1.54) is 23.0 Å². The van der Waals surface area contributed by atoms with Crippen LogP contribution in [0.2, 0.25) is 0 Å². The second-order valence-electron chi connectivity index (χ2n) is 5.92. The van der Waals surface area contributed by atoms with Crippen molar-refractivity contribution in [1.82, 2.24) is 24.8 Å². The minimum Gasteiger partial charge on any atom is -0.382 e. The lowest BCUT2D eigenvalue weighted by Gasteiger charge is -2.10. The molecule has 0 N–H and O–H groups in total. The highest BCUT2D eigenvalue weighted by molar-refractivity contribution is 8.18. The van der Waals surface area contributed by atoms with Crippen molar-refractivity contribution in [3.8, 4) is 5.69 Å². The standard InChI is InChI=1S/C16H14F3N5O2S/c1-22(2)9-13-14(25)23(15(26)27-13)7-11-8-24(21-20-11)12-5-3-4-10(6-12)16(17,18)19/h3-6,8-9H,7H2,1-2H3/b13-9-. The number of benzene rings is 1. The molecular formula is C16H14F3N5O2S. The number of alkyl halides is 3. The zero-order chi connectivity index (χ0) is 19.8. The molecule has 2 heterocycles. The normalized spacial score (nSPS) is 16.5. The van der Waals surface area contributed by atoms with Gasteiger partial charge < -0.3 is 4.90 Å². The Morgan fingerprint density at radius 2 is 2.00 bits per heavy atom. The van der Waals surface area contributed by atoms with Crippen LogP contribution in [-0.2, 0) is 17.5 Å². The maximum Gasteiger partial charge on any atom is 0.416 e. The monoisotopic (exact) mass is 397 g/mol. The molecule has 0 atom stereocenters. The van der Waals surface area contributed by atoms with Crippen molar-refractivity contribution < 1.29 is 22.8 Å². The van der Waals surface area contributed by atoms with Gasteiger partial charge in [-0.3, -0.25) is 14.5 Å². The number of rotatable bonds is 4. The van der Waals surface area contributed by atoms with Crippen LogP contribution in [0.15, 0.2) is 41.6 Å². The Kier molecular flexibility index (Phi) is 4.96. The second kappa shape index (κ2) is 7.06. The van der Waals surface area contributed by atoms with E-state index in [1.807, 2.05) is 0 Å². The molecule has 3 rings (SSSR count). The molecule has 11 heteroatoms. The lowest BCUT2D eigenvalue weighted by atomic mass is 10.2. The molecular weight excluding hydrogens is 383 g/mol. The van der Waals surface area contributed by atoms with Gasteiger partial charge in [-0.2, -0.15) is 13.2 Å². The summed E-state index contributed by atoms with van der Waals surface area (Å²) in [5.41, 5.74) is -0.358. The molecule has 27 heavy (non-hydrogen) atoms. The fraction of sp³-hybridized carbons (Fsp3) is 0.250. The third-order valence-electron chi connectivity index (χ3n) is 3.55. The predicted octanol–water partition coefficient (Wildman–Crippen LogP) is 2.88. The number of hydrogen-bond donors (Lipinski definition) is 0. The Labute approximate surface area is 156 Å². The highest BCUT2D eigenvalue weighted by Gasteiger charge is 2.36. The molecule has 2 aromatic rings. The summed E-state index contributed by atoms with van der Waals surface area (Å²) in [5, 5.41) is 7.20. The molecule has 0 aliphatic carbocycles. The molecule has 0 bridgehead atoms. The minimum absolute atomic E-state index is 0.117. The molecule has 142 valence electrons. The fourth-order valence-corrected chi connectivity index (χ4v) is 3.25. The Bertz CT molecular complexity index is 923. The van der Waals surface area contributed by atoms with Gasteiger partial charge in [0.05, 0.1) is 28.9 Å². The van der Waals surface area contributed by atoms with Crippen LogP contribution in [0.25, 0.3) is 5.69 Å². The van der Waals surface area contributed by atoms with Crippen LogP contribution in [0.5, 0.6) is 0 Å². The molecule has 1 aromatic heterocycles. The third-order valence-corrected chi connectivity index (χ3v) is 4.44. The Hall–Kier alpha value is -2.82. The van der Waals surface area contributed by atoms with E-state index in [0.717, 1.165) is 28.8 Å². The second-order valence-corrected chi connectivity index (χ2v) is 6.91. The van der Waals surface area contributed by atoms with E-state index >= 15 is 0 Å². The molecule has 1 saturated heterocycles. The van der Waals surface area contributed by atoms with Crippen molar-refractivity contribution in [2.45, 2.75) is 12.7 Å². The van der Waals surface area contributed by atoms with Crippen LogP contribution < -0.4 is 0 Å². The van der Waals surface area contributed by atoms with Gasteiger partial charge in [0.15, 0.2) is 0 Å². The van der Waals surface area contributed by atoms with Gasteiger partial charge in [-0.05, 0) is 30.0 Å². The topological polar surface area (TPSA) is 71.3 Å². The molecule has 1 aliphatic heterocycles. The zero-order valence-electron chi connectivity index (χ0n) is 14.3. The van der Waals surface area contributed by atoms with Crippen molar-refractivity contribution >= 4 is 22.9 Å². The summed E-state index contributed by atoms with van der Waals surface area (Å²) in [6.07, 6.45) is -1.54. The Morgan fingerprint density at radius 3 is 2.67 bits per heavy atom. The highest BCUT2D eigenvalue weighted by atomic mass is 32.2. The van der Waals surface area contributed by atoms with Crippen LogP contribution >= 0.6 is 11.8 Å². The zero-order valence-corrected chi connectivity index (χ0v) is 15.1. The number of aromatic nitrogens is 3. The molecule has 1 aliphatic rings. The van der Waals surface area contributed by atoms with Gasteiger partial charge in [-0.1, -0.05) is 11.3 Å². The first-order valence-corrected chi connectivity index (χ1v) is 8.47. The predicted molar refractivity (Wildman–Crippen MR) is 91.7 cm³/mol. The van der Waals surface area contributed by atoms with Gasteiger partial charge in [0.1, 0.15) is 5.69 Å². The number of carbonyl (C=O) groups excluding carboxylic acids is 2. The van der Waals surface area contributed by atoms with E-state index in [1.54, 1.807) is 25.2 Å². The number of nitrogens with zero attached hydrogens (tertiary/aromatic N) is 5. The fourth-order valence-electron chi connectivity index (χ4n) is 2.34. The molecule has 0 saturated carbocycles. The van der Waals surface area contributed by atoms with Gasteiger partial charge in [0.25, 0.3) is 11.1 Å². The van der Waals surface area contributed by atoms with Crippen molar-refractivity contribution in [1.29, 1.82) is 0 Å². The minimum atomic E-state index is -4.47. The van der Waals surface area contributed by atoms with Crippen molar-refractivity contribution in [3.63, 3.8) is 0 Å². The van der Waals surface area contributed by atoms with Crippen LogP contribution in [0.4, 0.5) is 18.0 Å². The molecule has 7 nitrogen and oxygen atoms in total. The number of carbonyl (C=O) groups is 2. The van der Waals surface area contributed by atoms with E-state index in [2.05, 4.69) is 10.3 Å². The molecule has 2 amide bonds. The molecule has 0 spiro atoms. The summed E-state index contributed by atoms with van der Waals surface area (Å²) < 4.78 is 39.7. The SMILES string of the molecule is CN(C)/C=C1\SC(=O)N(Cc2cn(-c3cccc(C(F)(F)F)c3)nn2)C1=O. The maximum atomic E-state index is 12.8. The summed E-state index contributed by atoms with van der Waals surface area (Å²) in [7, 11) is 3.46. The van der Waals surface area contributed by atoms with E-state index < -0.39 is 22.9 Å². The molecule has 1 aromatic carbocycles. The average molecular weight is 397 g/mol. The number of thioether (sulfide) groups is 1. The van der Waals surface area contributed by atoms with Crippen LogP contribution in [0.1, 0.15) is 11.3 Å². The lowest BCUT2D eigenvalue weighted by molar-refractivity contribution is -0.137. The van der Waals surface area contributed by atoms with E-state index in [4.69, 9.17) is 0 Å². The first kappa shape index (κ1) is 19.0. The van der Waals surface area contributed by atoms with Crippen LogP contribution in [0, 0.1) is 0 Å². The molecule has 1 fully saturated rings. The number of amides is 2. The van der Waals surface area contributed by atoms with Crippen molar-refractivity contribution in [3.05, 3.63) is 52.8 Å². The third kappa shape index (κ3) is 4.13. The van der Waals surface area contributed by atoms with E-state index in [9.17, 15) is 22.8 Å². The van der Waals surface area contributed by atoms with Crippen molar-refractivity contribution in [2.75, 3.05) is 14.1 Å². The van der Waals surface area contributed by atoms with Crippen LogP contribution in [-0.4, -0.2) is 50.0 Å². The number of hydrogen-bond acceptors (Lipinski definition) is 6. The highest BCUT2D eigenvalue weighted by Crippen LogP contribution is 2.32. The Morgan fingerprint density at radius 1 is 1.26 bits per heavy atom. The number of imide groups is 1. The average Bonchev–Trinajstić information content (AvgIpc) is 3.15. The quantitative estimate of drug-likeness (QED) is 0.739. The van der Waals surface area contributed by atoms with Gasteiger partial charge in [-0.25, -0.2) is 4.68 Å². The summed E-state index contributed by atoms with van der Waals surface area (Å²) >= 11 is 0.814. The molecule has 0 radical (unpaired) electrons. The van der Waals surface area contributed by atoms with E-state index in [0.29, 0.717) is 0 Å². The smallest absolute Gasteiger partial charge is 0.382 e. The summed E-state index contributed by atoms with van der Waals surface area (Å²) in [5.74, 6) is -0.452. The summed E-state index contributed by atoms with van der Waals surface area (Å²) in [6.45, 7) is -0.117. The largest absolute Gasteiger partial charge is 0.416 e. The van der Waals surface area contributed by atoms with E-state index in [-0.39, 0.29) is 22.8 Å². The number of halogens is 3. The van der Waals surface area contributed by atoms with Gasteiger partial charge >= 0.3 is 6.18 Å². The maximum absolute atomic E-state index is 12.8. The summed E-state index contributed by atoms with van der Waals surface area (Å²) in [4.78, 5) is 27.3.